The van der Waals surface area contributed by atoms with Crippen LogP contribution in [0.15, 0.2) is 29.2 Å². The van der Waals surface area contributed by atoms with Crippen molar-refractivity contribution in [1.29, 1.82) is 0 Å². The van der Waals surface area contributed by atoms with Gasteiger partial charge in [-0.3, -0.25) is 4.79 Å². The van der Waals surface area contributed by atoms with E-state index in [1.807, 2.05) is 0 Å². The number of ketones is 1. The SMILES string of the molecule is CC(=O)c1cccc(S(=O)(=O)N2CCCC(CO)C2)c1. The molecular formula is C14H19NO4S. The predicted octanol–water partition coefficient (Wildman–Crippen LogP) is 1.28. The molecule has 0 saturated carbocycles. The second-order valence-corrected chi connectivity index (χ2v) is 7.08. The van der Waals surface area contributed by atoms with E-state index in [0.29, 0.717) is 18.7 Å². The highest BCUT2D eigenvalue weighted by atomic mass is 32.2. The maximum absolute atomic E-state index is 12.6. The van der Waals surface area contributed by atoms with E-state index in [1.165, 1.54) is 23.4 Å². The first-order valence-corrected chi connectivity index (χ1v) is 8.11. The first-order valence-electron chi connectivity index (χ1n) is 6.67. The fraction of sp³-hybridized carbons (Fsp3) is 0.500. The summed E-state index contributed by atoms with van der Waals surface area (Å²) in [6.45, 7) is 2.21. The largest absolute Gasteiger partial charge is 0.396 e. The molecule has 1 aliphatic rings. The number of Topliss-reactive ketones (excluding diaryl/α,β-unsaturated/α-hetero) is 1. The molecule has 0 bridgehead atoms. The lowest BCUT2D eigenvalue weighted by Gasteiger charge is -2.31. The molecule has 1 heterocycles. The molecule has 0 amide bonds. The third kappa shape index (κ3) is 3.08. The summed E-state index contributed by atoms with van der Waals surface area (Å²) in [5.74, 6) is -0.163. The van der Waals surface area contributed by atoms with Crippen LogP contribution in [0, 0.1) is 5.92 Å². The molecular weight excluding hydrogens is 278 g/mol. The number of aliphatic hydroxyl groups excluding tert-OH is 1. The standard InChI is InChI=1S/C14H19NO4S/c1-11(17)13-5-2-6-14(8-13)20(18,19)15-7-3-4-12(9-15)10-16/h2,5-6,8,12,16H,3-4,7,9-10H2,1H3. The van der Waals surface area contributed by atoms with Gasteiger partial charge in [-0.1, -0.05) is 12.1 Å². The number of benzene rings is 1. The van der Waals surface area contributed by atoms with Crippen molar-refractivity contribution in [2.75, 3.05) is 19.7 Å². The van der Waals surface area contributed by atoms with Crippen LogP contribution in [0.1, 0.15) is 30.1 Å². The summed E-state index contributed by atoms with van der Waals surface area (Å²) in [5, 5.41) is 9.20. The Balaban J connectivity index is 2.30. The van der Waals surface area contributed by atoms with E-state index in [-0.39, 0.29) is 23.2 Å². The number of piperidine rings is 1. The number of rotatable bonds is 4. The van der Waals surface area contributed by atoms with Crippen molar-refractivity contribution in [3.8, 4) is 0 Å². The molecule has 0 radical (unpaired) electrons. The zero-order valence-electron chi connectivity index (χ0n) is 11.4. The minimum Gasteiger partial charge on any atom is -0.396 e. The van der Waals surface area contributed by atoms with Crippen LogP contribution in [0.25, 0.3) is 0 Å². The number of aliphatic hydroxyl groups is 1. The van der Waals surface area contributed by atoms with Crippen molar-refractivity contribution in [3.63, 3.8) is 0 Å². The van der Waals surface area contributed by atoms with Gasteiger partial charge in [0.2, 0.25) is 10.0 Å². The zero-order chi connectivity index (χ0) is 14.8. The van der Waals surface area contributed by atoms with Crippen LogP contribution in [0.2, 0.25) is 0 Å². The molecule has 0 spiro atoms. The Morgan fingerprint density at radius 3 is 2.85 bits per heavy atom. The number of sulfonamides is 1. The fourth-order valence-corrected chi connectivity index (χ4v) is 4.02. The van der Waals surface area contributed by atoms with Gasteiger partial charge in [-0.2, -0.15) is 4.31 Å². The monoisotopic (exact) mass is 297 g/mol. The van der Waals surface area contributed by atoms with Gasteiger partial charge in [-0.25, -0.2) is 8.42 Å². The van der Waals surface area contributed by atoms with Gasteiger partial charge >= 0.3 is 0 Å². The van der Waals surface area contributed by atoms with Crippen LogP contribution in [-0.2, 0) is 10.0 Å². The van der Waals surface area contributed by atoms with Gasteiger partial charge in [0.05, 0.1) is 4.90 Å². The highest BCUT2D eigenvalue weighted by molar-refractivity contribution is 7.89. The van der Waals surface area contributed by atoms with E-state index in [4.69, 9.17) is 0 Å². The third-order valence-corrected chi connectivity index (χ3v) is 5.48. The third-order valence-electron chi connectivity index (χ3n) is 3.62. The van der Waals surface area contributed by atoms with E-state index in [1.54, 1.807) is 12.1 Å². The smallest absolute Gasteiger partial charge is 0.243 e. The van der Waals surface area contributed by atoms with Gasteiger partial charge < -0.3 is 5.11 Å². The van der Waals surface area contributed by atoms with Crippen LogP contribution < -0.4 is 0 Å². The van der Waals surface area contributed by atoms with Crippen molar-refractivity contribution in [1.82, 2.24) is 4.31 Å². The van der Waals surface area contributed by atoms with E-state index in [2.05, 4.69) is 0 Å². The van der Waals surface area contributed by atoms with E-state index in [0.717, 1.165) is 12.8 Å². The number of carbonyl (C=O) groups is 1. The molecule has 1 aliphatic heterocycles. The maximum Gasteiger partial charge on any atom is 0.243 e. The molecule has 110 valence electrons. The number of hydrogen-bond acceptors (Lipinski definition) is 4. The van der Waals surface area contributed by atoms with E-state index in [9.17, 15) is 18.3 Å². The highest BCUT2D eigenvalue weighted by Crippen LogP contribution is 2.24. The Bertz CT molecular complexity index is 597. The summed E-state index contributed by atoms with van der Waals surface area (Å²) < 4.78 is 26.5. The van der Waals surface area contributed by atoms with Crippen LogP contribution in [0.4, 0.5) is 0 Å². The van der Waals surface area contributed by atoms with E-state index >= 15 is 0 Å². The Labute approximate surface area is 119 Å². The van der Waals surface area contributed by atoms with Gasteiger partial charge in [-0.15, -0.1) is 0 Å². The van der Waals surface area contributed by atoms with Crippen LogP contribution in [0.3, 0.4) is 0 Å². The second-order valence-electron chi connectivity index (χ2n) is 5.14. The minimum absolute atomic E-state index is 0.000490. The van der Waals surface area contributed by atoms with Crippen LogP contribution in [0.5, 0.6) is 0 Å². The van der Waals surface area contributed by atoms with Crippen molar-refractivity contribution in [3.05, 3.63) is 29.8 Å². The molecule has 1 N–H and O–H groups in total. The first kappa shape index (κ1) is 15.2. The Morgan fingerprint density at radius 1 is 1.45 bits per heavy atom. The van der Waals surface area contributed by atoms with Crippen LogP contribution >= 0.6 is 0 Å². The van der Waals surface area contributed by atoms with Gasteiger partial charge in [0.1, 0.15) is 0 Å². The lowest BCUT2D eigenvalue weighted by Crippen LogP contribution is -2.40. The second kappa shape index (κ2) is 6.03. The summed E-state index contributed by atoms with van der Waals surface area (Å²) >= 11 is 0. The van der Waals surface area contributed by atoms with Gasteiger partial charge in [0, 0.05) is 25.3 Å². The molecule has 20 heavy (non-hydrogen) atoms. The van der Waals surface area contributed by atoms with Crippen molar-refractivity contribution in [2.24, 2.45) is 5.92 Å². The Morgan fingerprint density at radius 2 is 2.20 bits per heavy atom. The quantitative estimate of drug-likeness (QED) is 0.850. The topological polar surface area (TPSA) is 74.7 Å². The molecule has 1 atom stereocenters. The first-order chi connectivity index (χ1) is 9.45. The van der Waals surface area contributed by atoms with Gasteiger partial charge in [0.25, 0.3) is 0 Å². The summed E-state index contributed by atoms with van der Waals surface area (Å²) in [7, 11) is -3.59. The van der Waals surface area contributed by atoms with Crippen molar-refractivity contribution < 1.29 is 18.3 Å². The zero-order valence-corrected chi connectivity index (χ0v) is 12.3. The Kier molecular flexibility index (Phi) is 4.57. The van der Waals surface area contributed by atoms with Gasteiger partial charge in [-0.05, 0) is 37.8 Å². The fourth-order valence-electron chi connectivity index (χ4n) is 2.42. The molecule has 2 rings (SSSR count). The predicted molar refractivity (Wildman–Crippen MR) is 75.0 cm³/mol. The molecule has 1 fully saturated rings. The molecule has 5 nitrogen and oxygen atoms in total. The lowest BCUT2D eigenvalue weighted by atomic mass is 10.0. The van der Waals surface area contributed by atoms with Gasteiger partial charge in [0.15, 0.2) is 5.78 Å². The summed E-state index contributed by atoms with van der Waals surface area (Å²) in [4.78, 5) is 11.5. The van der Waals surface area contributed by atoms with Crippen molar-refractivity contribution >= 4 is 15.8 Å². The number of nitrogens with zero attached hydrogens (tertiary/aromatic N) is 1. The Hall–Kier alpha value is -1.24. The molecule has 6 heteroatoms. The molecule has 1 aromatic rings. The van der Waals surface area contributed by atoms with E-state index < -0.39 is 10.0 Å². The number of carbonyl (C=O) groups excluding carboxylic acids is 1. The summed E-state index contributed by atoms with van der Waals surface area (Å²) in [6.07, 6.45) is 1.59. The average molecular weight is 297 g/mol. The number of hydrogen-bond donors (Lipinski definition) is 1. The minimum atomic E-state index is -3.59. The molecule has 0 aliphatic carbocycles. The molecule has 0 aromatic heterocycles. The normalized spacial score (nSPS) is 20.8. The molecule has 1 unspecified atom stereocenters. The average Bonchev–Trinajstić information content (AvgIpc) is 2.47. The summed E-state index contributed by atoms with van der Waals surface area (Å²) in [6, 6.07) is 6.11. The maximum atomic E-state index is 12.6. The summed E-state index contributed by atoms with van der Waals surface area (Å²) in [5.41, 5.74) is 0.391. The van der Waals surface area contributed by atoms with Crippen molar-refractivity contribution in [2.45, 2.75) is 24.7 Å². The lowest BCUT2D eigenvalue weighted by molar-refractivity contribution is 0.101. The molecule has 1 saturated heterocycles. The molecule has 1 aromatic carbocycles. The van der Waals surface area contributed by atoms with Crippen LogP contribution in [-0.4, -0.2) is 43.3 Å². The highest BCUT2D eigenvalue weighted by Gasteiger charge is 2.30.